The van der Waals surface area contributed by atoms with Crippen LogP contribution < -0.4 is 20.9 Å². The lowest BCUT2D eigenvalue weighted by atomic mass is 10.2. The number of rotatable bonds is 5. The third-order valence-corrected chi connectivity index (χ3v) is 4.68. The van der Waals surface area contributed by atoms with Crippen molar-refractivity contribution in [2.45, 2.75) is 25.6 Å². The fourth-order valence-electron chi connectivity index (χ4n) is 3.03. The fourth-order valence-corrected chi connectivity index (χ4v) is 3.25. The number of anilines is 3. The van der Waals surface area contributed by atoms with Crippen LogP contribution >= 0.6 is 11.6 Å². The molecule has 7 nitrogen and oxygen atoms in total. The van der Waals surface area contributed by atoms with E-state index in [-0.39, 0.29) is 11.7 Å². The Kier molecular flexibility index (Phi) is 6.31. The van der Waals surface area contributed by atoms with Gasteiger partial charge in [0.25, 0.3) is 0 Å². The molecule has 11 heteroatoms. The molecule has 3 N–H and O–H groups in total. The molecular formula is C18H20ClF3N6O. The van der Waals surface area contributed by atoms with Crippen molar-refractivity contribution in [3.63, 3.8) is 0 Å². The van der Waals surface area contributed by atoms with Crippen LogP contribution in [0.15, 0.2) is 30.5 Å². The van der Waals surface area contributed by atoms with E-state index in [0.717, 1.165) is 18.0 Å². The minimum Gasteiger partial charge on any atom is -0.354 e. The number of nitrogens with one attached hydrogen (secondary N) is 3. The predicted octanol–water partition coefficient (Wildman–Crippen LogP) is 3.98. The summed E-state index contributed by atoms with van der Waals surface area (Å²) in [6.45, 7) is 3.87. The van der Waals surface area contributed by atoms with Crippen molar-refractivity contribution in [2.24, 2.45) is 0 Å². The van der Waals surface area contributed by atoms with Gasteiger partial charge in [-0.2, -0.15) is 18.2 Å². The average Bonchev–Trinajstić information content (AvgIpc) is 3.11. The van der Waals surface area contributed by atoms with Gasteiger partial charge >= 0.3 is 12.2 Å². The van der Waals surface area contributed by atoms with Crippen LogP contribution in [-0.4, -0.2) is 41.7 Å². The largest absolute Gasteiger partial charge is 0.417 e. The van der Waals surface area contributed by atoms with Crippen LogP contribution in [0.25, 0.3) is 0 Å². The van der Waals surface area contributed by atoms with Crippen LogP contribution in [0.3, 0.4) is 0 Å². The number of urea groups is 1. The molecule has 0 radical (unpaired) electrons. The van der Waals surface area contributed by atoms with E-state index in [1.54, 1.807) is 12.3 Å². The van der Waals surface area contributed by atoms with Crippen LogP contribution in [0.5, 0.6) is 0 Å². The topological polar surface area (TPSA) is 82.2 Å². The van der Waals surface area contributed by atoms with Gasteiger partial charge in [0.1, 0.15) is 5.82 Å². The standard InChI is InChI=1S/C18H20ClF3N6O/c1-2-23-16-24-7-5-15(27-16)28-8-6-12(10-28)26-17(29)25-11-3-4-14(19)13(9-11)18(20,21)22/h3-5,7,9,12H,2,6,8,10H2,1H3,(H,23,24,27)(H2,25,26,29)/t12-/m0/s1. The number of nitrogens with zero attached hydrogens (tertiary/aromatic N) is 3. The van der Waals surface area contributed by atoms with Gasteiger partial charge in [0.05, 0.1) is 10.6 Å². The Morgan fingerprint density at radius 1 is 1.34 bits per heavy atom. The van der Waals surface area contributed by atoms with E-state index in [4.69, 9.17) is 11.6 Å². The summed E-state index contributed by atoms with van der Waals surface area (Å²) in [5.41, 5.74) is -0.982. The lowest BCUT2D eigenvalue weighted by molar-refractivity contribution is -0.137. The number of amides is 2. The third-order valence-electron chi connectivity index (χ3n) is 4.35. The number of carbonyl (C=O) groups is 1. The number of hydrogen-bond donors (Lipinski definition) is 3. The SMILES string of the molecule is CCNc1nccc(N2CC[C@H](NC(=O)Nc3ccc(Cl)c(C(F)(F)F)c3)C2)n1. The molecule has 2 heterocycles. The minimum atomic E-state index is -4.60. The van der Waals surface area contributed by atoms with E-state index in [0.29, 0.717) is 32.0 Å². The highest BCUT2D eigenvalue weighted by Gasteiger charge is 2.33. The van der Waals surface area contributed by atoms with Crippen LogP contribution in [0.2, 0.25) is 5.02 Å². The van der Waals surface area contributed by atoms with E-state index in [1.807, 2.05) is 11.8 Å². The Hall–Kier alpha value is -2.75. The van der Waals surface area contributed by atoms with Crippen LogP contribution in [0.4, 0.5) is 35.4 Å². The lowest BCUT2D eigenvalue weighted by Crippen LogP contribution is -2.39. The van der Waals surface area contributed by atoms with Gasteiger partial charge in [0.15, 0.2) is 0 Å². The summed E-state index contributed by atoms with van der Waals surface area (Å²) in [6.07, 6.45) is -2.25. The molecule has 1 atom stereocenters. The monoisotopic (exact) mass is 428 g/mol. The maximum absolute atomic E-state index is 12.9. The molecule has 0 bridgehead atoms. The maximum atomic E-state index is 12.9. The van der Waals surface area contributed by atoms with Gasteiger partial charge in [-0.15, -0.1) is 0 Å². The molecule has 1 aliphatic rings. The Bertz CT molecular complexity index is 879. The molecule has 0 aliphatic carbocycles. The molecule has 156 valence electrons. The second-order valence-electron chi connectivity index (χ2n) is 6.49. The summed E-state index contributed by atoms with van der Waals surface area (Å²) < 4.78 is 38.8. The molecule has 1 fully saturated rings. The Labute approximate surface area is 170 Å². The molecule has 0 unspecified atom stereocenters. The highest BCUT2D eigenvalue weighted by molar-refractivity contribution is 6.31. The van der Waals surface area contributed by atoms with Gasteiger partial charge in [-0.3, -0.25) is 0 Å². The van der Waals surface area contributed by atoms with Crippen molar-refractivity contribution in [3.05, 3.63) is 41.0 Å². The Balaban J connectivity index is 1.58. The predicted molar refractivity (Wildman–Crippen MR) is 105 cm³/mol. The second-order valence-corrected chi connectivity index (χ2v) is 6.90. The molecule has 1 aromatic carbocycles. The van der Waals surface area contributed by atoms with Crippen molar-refractivity contribution in [3.8, 4) is 0 Å². The zero-order chi connectivity index (χ0) is 21.0. The Morgan fingerprint density at radius 3 is 2.86 bits per heavy atom. The van der Waals surface area contributed by atoms with E-state index >= 15 is 0 Å². The summed E-state index contributed by atoms with van der Waals surface area (Å²) in [5, 5.41) is 7.82. The highest BCUT2D eigenvalue weighted by Crippen LogP contribution is 2.36. The number of aromatic nitrogens is 2. The number of carbonyl (C=O) groups excluding carboxylic acids is 1. The zero-order valence-electron chi connectivity index (χ0n) is 15.6. The summed E-state index contributed by atoms with van der Waals surface area (Å²) in [7, 11) is 0. The molecule has 2 aromatic rings. The smallest absolute Gasteiger partial charge is 0.354 e. The molecule has 0 saturated carbocycles. The van der Waals surface area contributed by atoms with Gasteiger partial charge in [0.2, 0.25) is 5.95 Å². The average molecular weight is 429 g/mol. The fraction of sp³-hybridized carbons (Fsp3) is 0.389. The van der Waals surface area contributed by atoms with E-state index in [9.17, 15) is 18.0 Å². The van der Waals surface area contributed by atoms with Crippen molar-refractivity contribution in [1.29, 1.82) is 0 Å². The summed E-state index contributed by atoms with van der Waals surface area (Å²) in [6, 6.07) is 4.28. The van der Waals surface area contributed by atoms with Crippen molar-refractivity contribution >= 4 is 35.1 Å². The zero-order valence-corrected chi connectivity index (χ0v) is 16.3. The van der Waals surface area contributed by atoms with Gasteiger partial charge in [-0.05, 0) is 37.6 Å². The molecule has 29 heavy (non-hydrogen) atoms. The summed E-state index contributed by atoms with van der Waals surface area (Å²) in [5.74, 6) is 1.27. The molecule has 3 rings (SSSR count). The van der Waals surface area contributed by atoms with E-state index in [2.05, 4.69) is 25.9 Å². The third kappa shape index (κ3) is 5.41. The minimum absolute atomic E-state index is 0.0140. The first-order valence-electron chi connectivity index (χ1n) is 9.02. The summed E-state index contributed by atoms with van der Waals surface area (Å²) in [4.78, 5) is 22.8. The normalized spacial score (nSPS) is 16.6. The van der Waals surface area contributed by atoms with E-state index < -0.39 is 22.8 Å². The van der Waals surface area contributed by atoms with Gasteiger partial charge in [0, 0.05) is 37.6 Å². The van der Waals surface area contributed by atoms with Crippen LogP contribution in [0, 0.1) is 0 Å². The first kappa shape index (κ1) is 21.0. The number of alkyl halides is 3. The highest BCUT2D eigenvalue weighted by atomic mass is 35.5. The van der Waals surface area contributed by atoms with Gasteiger partial charge in [-0.25, -0.2) is 9.78 Å². The molecule has 1 aliphatic heterocycles. The molecule has 0 spiro atoms. The summed E-state index contributed by atoms with van der Waals surface area (Å²) >= 11 is 5.59. The maximum Gasteiger partial charge on any atom is 0.417 e. The van der Waals surface area contributed by atoms with Crippen LogP contribution in [-0.2, 0) is 6.18 Å². The van der Waals surface area contributed by atoms with Gasteiger partial charge in [-0.1, -0.05) is 11.6 Å². The van der Waals surface area contributed by atoms with Gasteiger partial charge < -0.3 is 20.9 Å². The lowest BCUT2D eigenvalue weighted by Gasteiger charge is -2.19. The first-order chi connectivity index (χ1) is 13.8. The first-order valence-corrected chi connectivity index (χ1v) is 9.40. The molecular weight excluding hydrogens is 409 g/mol. The quantitative estimate of drug-likeness (QED) is 0.671. The number of halogens is 4. The molecule has 1 saturated heterocycles. The molecule has 1 aromatic heterocycles. The van der Waals surface area contributed by atoms with Crippen molar-refractivity contribution in [2.75, 3.05) is 35.2 Å². The van der Waals surface area contributed by atoms with Crippen LogP contribution in [0.1, 0.15) is 18.9 Å². The van der Waals surface area contributed by atoms with Crippen molar-refractivity contribution in [1.82, 2.24) is 15.3 Å². The number of hydrogen-bond acceptors (Lipinski definition) is 5. The number of benzene rings is 1. The second kappa shape index (κ2) is 8.73. The van der Waals surface area contributed by atoms with E-state index in [1.165, 1.54) is 6.07 Å². The van der Waals surface area contributed by atoms with Crippen molar-refractivity contribution < 1.29 is 18.0 Å². The molecule has 2 amide bonds. The Morgan fingerprint density at radius 2 is 2.14 bits per heavy atom.